The largest absolute Gasteiger partial charge is 0.346 e. The molecule has 1 aromatic heterocycles. The fraction of sp³-hybridized carbons (Fsp3) is 0.545. The number of hydrogen-bond donors (Lipinski definition) is 0. The summed E-state index contributed by atoms with van der Waals surface area (Å²) in [6, 6.07) is 0. The zero-order chi connectivity index (χ0) is 10.5. The first-order valence-corrected chi connectivity index (χ1v) is 6.04. The van der Waals surface area contributed by atoms with Gasteiger partial charge < -0.3 is 4.90 Å². The molecule has 2 heterocycles. The van der Waals surface area contributed by atoms with E-state index in [1.165, 1.54) is 0 Å². The van der Waals surface area contributed by atoms with Gasteiger partial charge in [0.05, 0.1) is 6.54 Å². The van der Waals surface area contributed by atoms with Crippen LogP contribution in [0.15, 0.2) is 11.6 Å². The lowest BCUT2D eigenvalue weighted by molar-refractivity contribution is 0.288. The molecule has 4 heteroatoms. The number of piperazine rings is 1. The second-order valence-electron chi connectivity index (χ2n) is 3.50. The first-order valence-electron chi connectivity index (χ1n) is 5.16. The Labute approximate surface area is 94.7 Å². The van der Waals surface area contributed by atoms with Crippen LogP contribution in [-0.4, -0.2) is 42.6 Å². The van der Waals surface area contributed by atoms with Crippen molar-refractivity contribution in [3.8, 4) is 11.8 Å². The van der Waals surface area contributed by atoms with E-state index in [4.69, 9.17) is 0 Å². The highest BCUT2D eigenvalue weighted by molar-refractivity contribution is 7.13. The maximum atomic E-state index is 4.33. The third kappa shape index (κ3) is 2.71. The molecule has 80 valence electrons. The Morgan fingerprint density at radius 2 is 2.20 bits per heavy atom. The van der Waals surface area contributed by atoms with Crippen LogP contribution in [0.5, 0.6) is 0 Å². The molecule has 0 bridgehead atoms. The van der Waals surface area contributed by atoms with E-state index in [0.29, 0.717) is 0 Å². The van der Waals surface area contributed by atoms with Gasteiger partial charge >= 0.3 is 0 Å². The Morgan fingerprint density at radius 3 is 2.80 bits per heavy atom. The molecule has 0 aliphatic carbocycles. The topological polar surface area (TPSA) is 19.4 Å². The molecule has 0 atom stereocenters. The fourth-order valence-electron chi connectivity index (χ4n) is 1.66. The summed E-state index contributed by atoms with van der Waals surface area (Å²) in [6.07, 6.45) is 1.87. The lowest BCUT2D eigenvalue weighted by Gasteiger charge is -2.33. The van der Waals surface area contributed by atoms with Crippen molar-refractivity contribution in [3.63, 3.8) is 0 Å². The van der Waals surface area contributed by atoms with Crippen molar-refractivity contribution in [2.75, 3.05) is 37.6 Å². The number of hydrogen-bond acceptors (Lipinski definition) is 4. The minimum atomic E-state index is 0.905. The molecule has 1 aliphatic heterocycles. The predicted molar refractivity (Wildman–Crippen MR) is 64.2 cm³/mol. The molecule has 3 nitrogen and oxygen atoms in total. The van der Waals surface area contributed by atoms with Crippen molar-refractivity contribution < 1.29 is 0 Å². The zero-order valence-electron chi connectivity index (χ0n) is 8.94. The third-order valence-electron chi connectivity index (χ3n) is 2.54. The first kappa shape index (κ1) is 10.5. The van der Waals surface area contributed by atoms with E-state index in [2.05, 4.69) is 26.6 Å². The molecule has 0 radical (unpaired) electrons. The molecule has 15 heavy (non-hydrogen) atoms. The van der Waals surface area contributed by atoms with Gasteiger partial charge in [0.25, 0.3) is 0 Å². The third-order valence-corrected chi connectivity index (χ3v) is 3.37. The van der Waals surface area contributed by atoms with E-state index in [0.717, 1.165) is 37.9 Å². The van der Waals surface area contributed by atoms with Gasteiger partial charge in [-0.25, -0.2) is 4.98 Å². The maximum Gasteiger partial charge on any atom is 0.185 e. The quantitative estimate of drug-likeness (QED) is 0.702. The van der Waals surface area contributed by atoms with Gasteiger partial charge in [-0.15, -0.1) is 17.3 Å². The summed E-state index contributed by atoms with van der Waals surface area (Å²) in [5, 5.41) is 3.18. The number of rotatable bonds is 2. The second kappa shape index (κ2) is 5.15. The standard InChI is InChI=1S/C11H15N3S/c1-2-3-5-13-6-8-14(9-7-13)11-12-4-10-15-11/h4,10H,5-9H2,1H3. The summed E-state index contributed by atoms with van der Waals surface area (Å²) < 4.78 is 0. The van der Waals surface area contributed by atoms with Gasteiger partial charge in [-0.2, -0.15) is 0 Å². The van der Waals surface area contributed by atoms with Crippen LogP contribution in [0.1, 0.15) is 6.92 Å². The molecule has 0 unspecified atom stereocenters. The Morgan fingerprint density at radius 1 is 1.40 bits per heavy atom. The monoisotopic (exact) mass is 221 g/mol. The van der Waals surface area contributed by atoms with Crippen LogP contribution in [0.2, 0.25) is 0 Å². The summed E-state index contributed by atoms with van der Waals surface area (Å²) in [7, 11) is 0. The Balaban J connectivity index is 1.83. The molecule has 0 amide bonds. The predicted octanol–water partition coefficient (Wildman–Crippen LogP) is 1.29. The molecular weight excluding hydrogens is 206 g/mol. The van der Waals surface area contributed by atoms with E-state index >= 15 is 0 Å². The highest BCUT2D eigenvalue weighted by atomic mass is 32.1. The molecule has 0 aromatic carbocycles. The van der Waals surface area contributed by atoms with Crippen LogP contribution in [0.4, 0.5) is 5.13 Å². The summed E-state index contributed by atoms with van der Waals surface area (Å²) >= 11 is 1.72. The van der Waals surface area contributed by atoms with E-state index in [1.54, 1.807) is 11.3 Å². The van der Waals surface area contributed by atoms with E-state index in [9.17, 15) is 0 Å². The average Bonchev–Trinajstić information content (AvgIpc) is 2.80. The van der Waals surface area contributed by atoms with Gasteiger partial charge in [-0.05, 0) is 6.92 Å². The number of nitrogens with zero attached hydrogens (tertiary/aromatic N) is 3. The van der Waals surface area contributed by atoms with Crippen molar-refractivity contribution in [1.29, 1.82) is 0 Å². The van der Waals surface area contributed by atoms with Crippen LogP contribution < -0.4 is 4.90 Å². The molecular formula is C11H15N3S. The summed E-state index contributed by atoms with van der Waals surface area (Å²) in [5.74, 6) is 6.05. The molecule has 0 N–H and O–H groups in total. The number of aromatic nitrogens is 1. The van der Waals surface area contributed by atoms with Crippen molar-refractivity contribution >= 4 is 16.5 Å². The van der Waals surface area contributed by atoms with Crippen molar-refractivity contribution in [2.45, 2.75) is 6.92 Å². The summed E-state index contributed by atoms with van der Waals surface area (Å²) in [6.45, 7) is 7.12. The fourth-order valence-corrected chi connectivity index (χ4v) is 2.36. The molecule has 0 saturated carbocycles. The second-order valence-corrected chi connectivity index (χ2v) is 4.38. The molecule has 1 aromatic rings. The highest BCUT2D eigenvalue weighted by Gasteiger charge is 2.17. The molecule has 1 fully saturated rings. The van der Waals surface area contributed by atoms with E-state index in [1.807, 2.05) is 18.5 Å². The van der Waals surface area contributed by atoms with Crippen LogP contribution in [0.25, 0.3) is 0 Å². The zero-order valence-corrected chi connectivity index (χ0v) is 9.76. The Kier molecular flexibility index (Phi) is 3.59. The summed E-state index contributed by atoms with van der Waals surface area (Å²) in [5.41, 5.74) is 0. The highest BCUT2D eigenvalue weighted by Crippen LogP contribution is 2.18. The number of thiazole rings is 1. The van der Waals surface area contributed by atoms with Gasteiger partial charge in [0.2, 0.25) is 0 Å². The first-order chi connectivity index (χ1) is 7.40. The van der Waals surface area contributed by atoms with Gasteiger partial charge in [-0.1, -0.05) is 5.92 Å². The summed E-state index contributed by atoms with van der Waals surface area (Å²) in [4.78, 5) is 9.06. The molecule has 2 rings (SSSR count). The van der Waals surface area contributed by atoms with Crippen LogP contribution >= 0.6 is 11.3 Å². The molecule has 1 saturated heterocycles. The SMILES string of the molecule is CC#CCN1CCN(c2nccs2)CC1. The smallest absolute Gasteiger partial charge is 0.185 e. The molecule has 0 spiro atoms. The van der Waals surface area contributed by atoms with E-state index < -0.39 is 0 Å². The Bertz CT molecular complexity index is 342. The van der Waals surface area contributed by atoms with E-state index in [-0.39, 0.29) is 0 Å². The maximum absolute atomic E-state index is 4.33. The lowest BCUT2D eigenvalue weighted by Crippen LogP contribution is -2.46. The minimum Gasteiger partial charge on any atom is -0.346 e. The van der Waals surface area contributed by atoms with Gasteiger partial charge in [0, 0.05) is 37.8 Å². The lowest BCUT2D eigenvalue weighted by atomic mass is 10.3. The number of anilines is 1. The average molecular weight is 221 g/mol. The normalized spacial score (nSPS) is 17.3. The van der Waals surface area contributed by atoms with Gasteiger partial charge in [0.1, 0.15) is 0 Å². The van der Waals surface area contributed by atoms with Crippen LogP contribution in [-0.2, 0) is 0 Å². The Hall–Kier alpha value is -1.05. The van der Waals surface area contributed by atoms with Crippen molar-refractivity contribution in [3.05, 3.63) is 11.6 Å². The van der Waals surface area contributed by atoms with Crippen molar-refractivity contribution in [2.24, 2.45) is 0 Å². The van der Waals surface area contributed by atoms with Gasteiger partial charge in [-0.3, -0.25) is 4.90 Å². The minimum absolute atomic E-state index is 0.905. The van der Waals surface area contributed by atoms with Gasteiger partial charge in [0.15, 0.2) is 5.13 Å². The van der Waals surface area contributed by atoms with Crippen molar-refractivity contribution in [1.82, 2.24) is 9.88 Å². The van der Waals surface area contributed by atoms with Crippen LogP contribution in [0.3, 0.4) is 0 Å². The van der Waals surface area contributed by atoms with Crippen LogP contribution in [0, 0.1) is 11.8 Å². The molecule has 1 aliphatic rings.